The Hall–Kier alpha value is -3.51. The van der Waals surface area contributed by atoms with Crippen LogP contribution in [-0.2, 0) is 11.4 Å². The maximum absolute atomic E-state index is 13.2. The van der Waals surface area contributed by atoms with Gasteiger partial charge in [-0.15, -0.1) is 0 Å². The Balaban J connectivity index is 1.49. The van der Waals surface area contributed by atoms with Gasteiger partial charge in [0.1, 0.15) is 5.75 Å². The molecule has 1 N–H and O–H groups in total. The molecule has 0 aromatic heterocycles. The van der Waals surface area contributed by atoms with E-state index in [1.807, 2.05) is 66.7 Å². The van der Waals surface area contributed by atoms with E-state index in [9.17, 15) is 4.79 Å². The number of amides is 2. The van der Waals surface area contributed by atoms with Crippen molar-refractivity contribution in [1.29, 1.82) is 0 Å². The van der Waals surface area contributed by atoms with Gasteiger partial charge in [-0.1, -0.05) is 71.4 Å². The summed E-state index contributed by atoms with van der Waals surface area (Å²) in [4.78, 5) is 20.6. The number of benzene rings is 3. The van der Waals surface area contributed by atoms with Crippen molar-refractivity contribution in [3.05, 3.63) is 95.0 Å². The SMILES string of the molecule is COc1ccccc1NC(=O)N(Cc1cccc(Cl)c1)CC1CC(c2ccccc2)=NO1. The summed E-state index contributed by atoms with van der Waals surface area (Å²) in [5.41, 5.74) is 3.43. The van der Waals surface area contributed by atoms with E-state index in [2.05, 4.69) is 10.5 Å². The first kappa shape index (κ1) is 21.7. The molecule has 164 valence electrons. The molecule has 0 saturated heterocycles. The largest absolute Gasteiger partial charge is 0.495 e. The molecule has 3 aromatic rings. The predicted octanol–water partition coefficient (Wildman–Crippen LogP) is 5.58. The van der Waals surface area contributed by atoms with E-state index in [4.69, 9.17) is 21.2 Å². The topological polar surface area (TPSA) is 63.2 Å². The minimum Gasteiger partial charge on any atom is -0.495 e. The van der Waals surface area contributed by atoms with Gasteiger partial charge in [0.25, 0.3) is 0 Å². The van der Waals surface area contributed by atoms with Crippen LogP contribution in [-0.4, -0.2) is 36.4 Å². The van der Waals surface area contributed by atoms with Crippen molar-refractivity contribution < 1.29 is 14.4 Å². The molecule has 1 unspecified atom stereocenters. The highest BCUT2D eigenvalue weighted by Crippen LogP contribution is 2.25. The fraction of sp³-hybridized carbons (Fsp3) is 0.200. The molecule has 1 aliphatic rings. The molecule has 7 heteroatoms. The Kier molecular flexibility index (Phi) is 6.92. The lowest BCUT2D eigenvalue weighted by Gasteiger charge is -2.25. The summed E-state index contributed by atoms with van der Waals surface area (Å²) in [6.07, 6.45) is 0.380. The van der Waals surface area contributed by atoms with Gasteiger partial charge in [-0.3, -0.25) is 0 Å². The molecule has 0 spiro atoms. The summed E-state index contributed by atoms with van der Waals surface area (Å²) in [5, 5.41) is 7.82. The first-order chi connectivity index (χ1) is 15.6. The van der Waals surface area contributed by atoms with E-state index in [-0.39, 0.29) is 12.1 Å². The smallest absolute Gasteiger partial charge is 0.322 e. The number of nitrogens with zero attached hydrogens (tertiary/aromatic N) is 2. The first-order valence-electron chi connectivity index (χ1n) is 10.3. The van der Waals surface area contributed by atoms with Crippen LogP contribution in [0.2, 0.25) is 5.02 Å². The van der Waals surface area contributed by atoms with E-state index in [0.29, 0.717) is 36.0 Å². The van der Waals surface area contributed by atoms with Crippen LogP contribution >= 0.6 is 11.6 Å². The minimum atomic E-state index is -0.258. The normalized spacial score (nSPS) is 14.9. The predicted molar refractivity (Wildman–Crippen MR) is 126 cm³/mol. The fourth-order valence-corrected chi connectivity index (χ4v) is 3.80. The van der Waals surface area contributed by atoms with Crippen LogP contribution in [0.3, 0.4) is 0 Å². The van der Waals surface area contributed by atoms with Gasteiger partial charge in [-0.2, -0.15) is 0 Å². The van der Waals surface area contributed by atoms with Gasteiger partial charge >= 0.3 is 6.03 Å². The fourth-order valence-electron chi connectivity index (χ4n) is 3.59. The average Bonchev–Trinajstić information content (AvgIpc) is 3.28. The van der Waals surface area contributed by atoms with Crippen molar-refractivity contribution in [2.24, 2.45) is 5.16 Å². The molecule has 6 nitrogen and oxygen atoms in total. The first-order valence-corrected chi connectivity index (χ1v) is 10.7. The lowest BCUT2D eigenvalue weighted by atomic mass is 10.0. The molecular weight excluding hydrogens is 426 g/mol. The Morgan fingerprint density at radius 3 is 2.69 bits per heavy atom. The summed E-state index contributed by atoms with van der Waals surface area (Å²) in [6, 6.07) is 24.4. The standard InChI is InChI=1S/C25H24ClN3O3/c1-31-24-13-6-5-12-22(24)27-25(30)29(16-18-8-7-11-20(26)14-18)17-21-15-23(28-32-21)19-9-3-2-4-10-19/h2-14,21H,15-17H2,1H3,(H,27,30). The second-order valence-electron chi connectivity index (χ2n) is 7.48. The number of urea groups is 1. The van der Waals surface area contributed by atoms with Crippen LogP contribution in [0.15, 0.2) is 84.0 Å². The number of para-hydroxylation sites is 2. The molecule has 1 heterocycles. The highest BCUT2D eigenvalue weighted by atomic mass is 35.5. The number of rotatable bonds is 7. The maximum atomic E-state index is 13.2. The zero-order chi connectivity index (χ0) is 22.3. The minimum absolute atomic E-state index is 0.243. The van der Waals surface area contributed by atoms with E-state index in [1.54, 1.807) is 24.1 Å². The summed E-state index contributed by atoms with van der Waals surface area (Å²) in [6.45, 7) is 0.745. The summed E-state index contributed by atoms with van der Waals surface area (Å²) in [7, 11) is 1.57. The van der Waals surface area contributed by atoms with E-state index < -0.39 is 0 Å². The van der Waals surface area contributed by atoms with Gasteiger partial charge in [0.2, 0.25) is 0 Å². The maximum Gasteiger partial charge on any atom is 0.322 e. The number of nitrogens with one attached hydrogen (secondary N) is 1. The number of oxime groups is 1. The Labute approximate surface area is 192 Å². The number of hydrogen-bond acceptors (Lipinski definition) is 4. The third kappa shape index (κ3) is 5.39. The van der Waals surface area contributed by atoms with E-state index in [0.717, 1.165) is 16.8 Å². The molecular formula is C25H24ClN3O3. The van der Waals surface area contributed by atoms with Gasteiger partial charge in [0.15, 0.2) is 6.10 Å². The number of carbonyl (C=O) groups excluding carboxylic acids is 1. The molecule has 1 atom stereocenters. The van der Waals surface area contributed by atoms with Crippen molar-refractivity contribution in [2.75, 3.05) is 19.0 Å². The zero-order valence-electron chi connectivity index (χ0n) is 17.7. The lowest BCUT2D eigenvalue weighted by Crippen LogP contribution is -2.40. The van der Waals surface area contributed by atoms with E-state index in [1.165, 1.54) is 0 Å². The molecule has 0 saturated carbocycles. The number of ether oxygens (including phenoxy) is 1. The number of hydrogen-bond donors (Lipinski definition) is 1. The number of methoxy groups -OCH3 is 1. The van der Waals surface area contributed by atoms with Gasteiger partial charge in [-0.25, -0.2) is 4.79 Å². The molecule has 32 heavy (non-hydrogen) atoms. The monoisotopic (exact) mass is 449 g/mol. The van der Waals surface area contributed by atoms with Gasteiger partial charge in [0, 0.05) is 18.0 Å². The number of halogens is 1. The van der Waals surface area contributed by atoms with Crippen LogP contribution in [0.4, 0.5) is 10.5 Å². The Morgan fingerprint density at radius 2 is 1.91 bits per heavy atom. The van der Waals surface area contributed by atoms with Crippen molar-refractivity contribution >= 4 is 29.0 Å². The molecule has 2 amide bonds. The van der Waals surface area contributed by atoms with Crippen LogP contribution in [0.5, 0.6) is 5.75 Å². The Bertz CT molecular complexity index is 1100. The van der Waals surface area contributed by atoms with Crippen molar-refractivity contribution in [3.63, 3.8) is 0 Å². The summed E-state index contributed by atoms with van der Waals surface area (Å²) >= 11 is 6.16. The highest BCUT2D eigenvalue weighted by Gasteiger charge is 2.27. The van der Waals surface area contributed by atoms with Gasteiger partial charge in [-0.05, 0) is 35.4 Å². The lowest BCUT2D eigenvalue weighted by molar-refractivity contribution is 0.0608. The quantitative estimate of drug-likeness (QED) is 0.512. The van der Waals surface area contributed by atoms with Crippen LogP contribution in [0.1, 0.15) is 17.5 Å². The third-order valence-corrected chi connectivity index (χ3v) is 5.40. The highest BCUT2D eigenvalue weighted by molar-refractivity contribution is 6.30. The zero-order valence-corrected chi connectivity index (χ0v) is 18.5. The van der Waals surface area contributed by atoms with Gasteiger partial charge < -0.3 is 19.8 Å². The van der Waals surface area contributed by atoms with Crippen LogP contribution in [0, 0.1) is 0 Å². The van der Waals surface area contributed by atoms with Crippen LogP contribution < -0.4 is 10.1 Å². The molecule has 4 rings (SSSR count). The number of anilines is 1. The summed E-state index contributed by atoms with van der Waals surface area (Å²) in [5.74, 6) is 0.593. The number of carbonyl (C=O) groups is 1. The molecule has 3 aromatic carbocycles. The third-order valence-electron chi connectivity index (χ3n) is 5.16. The molecule has 0 aliphatic carbocycles. The van der Waals surface area contributed by atoms with Crippen molar-refractivity contribution in [1.82, 2.24) is 4.90 Å². The van der Waals surface area contributed by atoms with E-state index >= 15 is 0 Å². The average molecular weight is 450 g/mol. The van der Waals surface area contributed by atoms with Crippen molar-refractivity contribution in [3.8, 4) is 5.75 Å². The van der Waals surface area contributed by atoms with Crippen LogP contribution in [0.25, 0.3) is 0 Å². The summed E-state index contributed by atoms with van der Waals surface area (Å²) < 4.78 is 5.36. The van der Waals surface area contributed by atoms with Gasteiger partial charge in [0.05, 0.1) is 25.1 Å². The molecule has 0 bridgehead atoms. The molecule has 1 aliphatic heterocycles. The Morgan fingerprint density at radius 1 is 1.12 bits per heavy atom. The van der Waals surface area contributed by atoms with Crippen molar-refractivity contribution in [2.45, 2.75) is 19.1 Å². The molecule has 0 fully saturated rings. The second-order valence-corrected chi connectivity index (χ2v) is 7.91. The molecule has 0 radical (unpaired) electrons. The second kappa shape index (κ2) is 10.2.